The van der Waals surface area contributed by atoms with Gasteiger partial charge in [-0.15, -0.1) is 0 Å². The van der Waals surface area contributed by atoms with Gasteiger partial charge in [0.05, 0.1) is 19.6 Å². The first-order valence-electron chi connectivity index (χ1n) is 18.1. The summed E-state index contributed by atoms with van der Waals surface area (Å²) < 4.78 is 10.3. The lowest BCUT2D eigenvalue weighted by Crippen LogP contribution is -2.27. The zero-order valence-corrected chi connectivity index (χ0v) is 27.6. The molecule has 1 N–H and O–H groups in total. The van der Waals surface area contributed by atoms with Gasteiger partial charge in [0.15, 0.2) is 6.10 Å². The van der Waals surface area contributed by atoms with Crippen LogP contribution in [-0.4, -0.2) is 36.4 Å². The lowest BCUT2D eigenvalue weighted by Gasteiger charge is -2.11. The average Bonchev–Trinajstić information content (AvgIpc) is 2.96. The van der Waals surface area contributed by atoms with E-state index in [2.05, 4.69) is 13.8 Å². The molecular weight excluding hydrogens is 512 g/mol. The maximum atomic E-state index is 11.9. The highest BCUT2D eigenvalue weighted by Crippen LogP contribution is 2.14. The molecular formula is C36H70O5. The molecule has 1 unspecified atom stereocenters. The third-order valence-corrected chi connectivity index (χ3v) is 8.14. The zero-order chi connectivity index (χ0) is 30.1. The van der Waals surface area contributed by atoms with Crippen molar-refractivity contribution in [3.8, 4) is 0 Å². The Morgan fingerprint density at radius 1 is 0.439 bits per heavy atom. The number of carbonyl (C=O) groups is 2. The Bertz CT molecular complexity index is 550. The van der Waals surface area contributed by atoms with Crippen molar-refractivity contribution in [2.24, 2.45) is 0 Å². The molecule has 0 radical (unpaired) electrons. The third kappa shape index (κ3) is 31.7. The largest absolute Gasteiger partial charge is 0.466 e. The standard InChI is InChI=1S/C36H70O5/c1-3-5-7-9-11-13-15-17-19-21-23-25-27-29-31-40-35(38)33-34(37)36(39)41-32-30-28-26-24-22-20-18-16-14-12-10-8-6-4-2/h34,37H,3-33H2,1-2H3. The molecule has 0 aliphatic carbocycles. The maximum Gasteiger partial charge on any atom is 0.335 e. The summed E-state index contributed by atoms with van der Waals surface area (Å²) in [6.45, 7) is 5.19. The maximum absolute atomic E-state index is 11.9. The second kappa shape index (κ2) is 33.4. The predicted octanol–water partition coefficient (Wildman–Crippen LogP) is 10.8. The fourth-order valence-corrected chi connectivity index (χ4v) is 5.35. The highest BCUT2D eigenvalue weighted by Gasteiger charge is 2.21. The molecule has 0 amide bonds. The SMILES string of the molecule is CCCCCCCCCCCCCCCCOC(=O)CC(O)C(=O)OCCCCCCCCCCCCCCCC. The van der Waals surface area contributed by atoms with Crippen LogP contribution in [0.15, 0.2) is 0 Å². The van der Waals surface area contributed by atoms with Gasteiger partial charge < -0.3 is 14.6 Å². The van der Waals surface area contributed by atoms with Crippen molar-refractivity contribution in [3.05, 3.63) is 0 Å². The van der Waals surface area contributed by atoms with Crippen LogP contribution in [0.2, 0.25) is 0 Å². The number of rotatable bonds is 33. The van der Waals surface area contributed by atoms with E-state index in [-0.39, 0.29) is 6.42 Å². The summed E-state index contributed by atoms with van der Waals surface area (Å²) in [5.41, 5.74) is 0. The predicted molar refractivity (Wildman–Crippen MR) is 173 cm³/mol. The van der Waals surface area contributed by atoms with Gasteiger partial charge in [0.25, 0.3) is 0 Å². The first kappa shape index (κ1) is 39.9. The number of carbonyl (C=O) groups excluding carboxylic acids is 2. The fraction of sp³-hybridized carbons (Fsp3) is 0.944. The molecule has 0 rings (SSSR count). The number of esters is 2. The first-order valence-corrected chi connectivity index (χ1v) is 18.1. The smallest absolute Gasteiger partial charge is 0.335 e. The van der Waals surface area contributed by atoms with Crippen LogP contribution in [0.5, 0.6) is 0 Å². The van der Waals surface area contributed by atoms with Gasteiger partial charge in [0.2, 0.25) is 0 Å². The van der Waals surface area contributed by atoms with Crippen LogP contribution in [0.4, 0.5) is 0 Å². The van der Waals surface area contributed by atoms with E-state index in [9.17, 15) is 14.7 Å². The fourth-order valence-electron chi connectivity index (χ4n) is 5.35. The number of aliphatic hydroxyl groups is 1. The molecule has 0 aliphatic heterocycles. The van der Waals surface area contributed by atoms with E-state index in [1.54, 1.807) is 0 Å². The minimum Gasteiger partial charge on any atom is -0.466 e. The van der Waals surface area contributed by atoms with Crippen LogP contribution in [0.3, 0.4) is 0 Å². The Labute approximate surface area is 255 Å². The summed E-state index contributed by atoms with van der Waals surface area (Å²) in [6.07, 6.45) is 34.1. The Morgan fingerprint density at radius 3 is 1.02 bits per heavy atom. The Kier molecular flexibility index (Phi) is 32.5. The molecule has 0 fully saturated rings. The summed E-state index contributed by atoms with van der Waals surface area (Å²) in [5.74, 6) is -1.24. The van der Waals surface area contributed by atoms with Crippen molar-refractivity contribution < 1.29 is 24.2 Å². The van der Waals surface area contributed by atoms with Crippen LogP contribution in [0.25, 0.3) is 0 Å². The second-order valence-electron chi connectivity index (χ2n) is 12.3. The highest BCUT2D eigenvalue weighted by molar-refractivity contribution is 5.81. The Hall–Kier alpha value is -1.10. The molecule has 244 valence electrons. The molecule has 0 saturated heterocycles. The Morgan fingerprint density at radius 2 is 0.707 bits per heavy atom. The first-order chi connectivity index (χ1) is 20.1. The summed E-state index contributed by atoms with van der Waals surface area (Å²) >= 11 is 0. The van der Waals surface area contributed by atoms with Gasteiger partial charge in [-0.25, -0.2) is 4.79 Å². The molecule has 1 atom stereocenters. The van der Waals surface area contributed by atoms with E-state index in [4.69, 9.17) is 9.47 Å². The molecule has 0 aromatic rings. The van der Waals surface area contributed by atoms with E-state index in [1.807, 2.05) is 0 Å². The van der Waals surface area contributed by atoms with E-state index in [1.165, 1.54) is 148 Å². The molecule has 0 bridgehead atoms. The molecule has 0 heterocycles. The van der Waals surface area contributed by atoms with Gasteiger partial charge in [-0.2, -0.15) is 0 Å². The van der Waals surface area contributed by atoms with Gasteiger partial charge in [-0.05, 0) is 12.8 Å². The van der Waals surface area contributed by atoms with Crippen molar-refractivity contribution in [1.29, 1.82) is 0 Å². The molecule has 0 aliphatic rings. The van der Waals surface area contributed by atoms with Gasteiger partial charge in [0, 0.05) is 0 Å². The van der Waals surface area contributed by atoms with Gasteiger partial charge in [0.1, 0.15) is 0 Å². The van der Waals surface area contributed by atoms with Gasteiger partial charge in [-0.1, -0.05) is 181 Å². The van der Waals surface area contributed by atoms with E-state index < -0.39 is 18.0 Å². The number of hydrogen-bond donors (Lipinski definition) is 1. The molecule has 5 nitrogen and oxygen atoms in total. The monoisotopic (exact) mass is 583 g/mol. The van der Waals surface area contributed by atoms with Crippen molar-refractivity contribution in [2.75, 3.05) is 13.2 Å². The molecule has 0 aromatic heterocycles. The molecule has 0 spiro atoms. The van der Waals surface area contributed by atoms with Crippen LogP contribution in [-0.2, 0) is 19.1 Å². The summed E-state index contributed by atoms with van der Waals surface area (Å²) in [5, 5.41) is 9.95. The van der Waals surface area contributed by atoms with Gasteiger partial charge >= 0.3 is 11.9 Å². The Balaban J connectivity index is 3.40. The van der Waals surface area contributed by atoms with Crippen molar-refractivity contribution in [1.82, 2.24) is 0 Å². The third-order valence-electron chi connectivity index (χ3n) is 8.14. The summed E-state index contributed by atoms with van der Waals surface area (Å²) in [7, 11) is 0. The lowest BCUT2D eigenvalue weighted by molar-refractivity contribution is -0.160. The number of hydrogen-bond acceptors (Lipinski definition) is 5. The van der Waals surface area contributed by atoms with E-state index in [0.29, 0.717) is 13.2 Å². The van der Waals surface area contributed by atoms with Crippen molar-refractivity contribution in [3.63, 3.8) is 0 Å². The zero-order valence-electron chi connectivity index (χ0n) is 27.6. The number of unbranched alkanes of at least 4 members (excludes halogenated alkanes) is 26. The quantitative estimate of drug-likeness (QED) is 0.0615. The van der Waals surface area contributed by atoms with Crippen LogP contribution >= 0.6 is 0 Å². The van der Waals surface area contributed by atoms with Crippen LogP contribution in [0, 0.1) is 0 Å². The van der Waals surface area contributed by atoms with Crippen LogP contribution < -0.4 is 0 Å². The van der Waals surface area contributed by atoms with E-state index >= 15 is 0 Å². The van der Waals surface area contributed by atoms with Crippen molar-refractivity contribution in [2.45, 2.75) is 206 Å². The topological polar surface area (TPSA) is 72.8 Å². The molecule has 0 saturated carbocycles. The number of ether oxygens (including phenoxy) is 2. The van der Waals surface area contributed by atoms with E-state index in [0.717, 1.165) is 32.1 Å². The lowest BCUT2D eigenvalue weighted by atomic mass is 10.0. The summed E-state index contributed by atoms with van der Waals surface area (Å²) in [6, 6.07) is 0. The number of aliphatic hydroxyl groups excluding tert-OH is 1. The minimum atomic E-state index is -1.43. The average molecular weight is 583 g/mol. The van der Waals surface area contributed by atoms with Gasteiger partial charge in [-0.3, -0.25) is 4.79 Å². The normalized spacial score (nSPS) is 12.0. The van der Waals surface area contributed by atoms with Crippen LogP contribution in [0.1, 0.15) is 200 Å². The molecule has 41 heavy (non-hydrogen) atoms. The molecule has 0 aromatic carbocycles. The van der Waals surface area contributed by atoms with Crippen molar-refractivity contribution >= 4 is 11.9 Å². The highest BCUT2D eigenvalue weighted by atomic mass is 16.6. The minimum absolute atomic E-state index is 0.308. The summed E-state index contributed by atoms with van der Waals surface area (Å²) in [4.78, 5) is 23.9. The molecule has 5 heteroatoms. The second-order valence-corrected chi connectivity index (χ2v) is 12.3.